The molecule has 78 valence electrons. The Morgan fingerprint density at radius 3 is 2.71 bits per heavy atom. The molecule has 0 amide bonds. The zero-order chi connectivity index (χ0) is 10.6. The van der Waals surface area contributed by atoms with Gasteiger partial charge >= 0.3 is 0 Å². The zero-order valence-electron chi connectivity index (χ0n) is 7.52. The predicted octanol–water partition coefficient (Wildman–Crippen LogP) is 2.64. The number of nitrogens with two attached hydrogens (primary N) is 2. The minimum atomic E-state index is -2.93. The Morgan fingerprint density at radius 1 is 1.43 bits per heavy atom. The van der Waals surface area contributed by atoms with Crippen molar-refractivity contribution in [3.05, 3.63) is 34.9 Å². The van der Waals surface area contributed by atoms with Gasteiger partial charge in [-0.25, -0.2) is 0 Å². The Labute approximate surface area is 92.4 Å². The number of benzene rings is 1. The molecule has 0 aromatic heterocycles. The van der Waals surface area contributed by atoms with Crippen LogP contribution in [0.3, 0.4) is 0 Å². The molecule has 0 radical (unpaired) electrons. The summed E-state index contributed by atoms with van der Waals surface area (Å²) in [6.45, 7) is -2.93. The van der Waals surface area contributed by atoms with E-state index in [0.717, 1.165) is 23.4 Å². The first-order valence-corrected chi connectivity index (χ1v) is 7.85. The number of rotatable bonds is 4. The van der Waals surface area contributed by atoms with Gasteiger partial charge in [-0.05, 0) is 24.1 Å². The summed E-state index contributed by atoms with van der Waals surface area (Å²) in [4.78, 5) is 0. The molecule has 0 unspecified atom stereocenters. The molecule has 0 atom stereocenters. The summed E-state index contributed by atoms with van der Waals surface area (Å²) in [5, 5.41) is 0.705. The van der Waals surface area contributed by atoms with E-state index in [1.54, 1.807) is 0 Å². The van der Waals surface area contributed by atoms with Gasteiger partial charge in [-0.2, -0.15) is 0 Å². The van der Waals surface area contributed by atoms with Gasteiger partial charge in [0.1, 0.15) is 0 Å². The molecule has 3 nitrogen and oxygen atoms in total. The SMILES string of the molecule is NP(N)(=O)SCCc1cccc(Cl)c1. The average molecular weight is 251 g/mol. The second-order valence-corrected chi connectivity index (χ2v) is 7.74. The van der Waals surface area contributed by atoms with Crippen LogP contribution in [0.5, 0.6) is 0 Å². The van der Waals surface area contributed by atoms with E-state index < -0.39 is 6.65 Å². The van der Waals surface area contributed by atoms with Crippen molar-refractivity contribution in [1.29, 1.82) is 0 Å². The van der Waals surface area contributed by atoms with Gasteiger partial charge in [0.05, 0.1) is 0 Å². The van der Waals surface area contributed by atoms with Crippen molar-refractivity contribution < 1.29 is 4.57 Å². The summed E-state index contributed by atoms with van der Waals surface area (Å²) < 4.78 is 11.0. The molecule has 0 bridgehead atoms. The van der Waals surface area contributed by atoms with Crippen molar-refractivity contribution in [3.63, 3.8) is 0 Å². The maximum Gasteiger partial charge on any atom is 0.261 e. The Bertz CT molecular complexity index is 355. The van der Waals surface area contributed by atoms with Gasteiger partial charge in [0.2, 0.25) is 0 Å². The van der Waals surface area contributed by atoms with E-state index >= 15 is 0 Å². The van der Waals surface area contributed by atoms with Gasteiger partial charge in [0.15, 0.2) is 0 Å². The fraction of sp³-hybridized carbons (Fsp3) is 0.250. The van der Waals surface area contributed by atoms with E-state index in [0.29, 0.717) is 10.8 Å². The Balaban J connectivity index is 2.43. The largest absolute Gasteiger partial charge is 0.277 e. The second-order valence-electron chi connectivity index (χ2n) is 2.86. The number of hydrogen-bond donors (Lipinski definition) is 2. The monoisotopic (exact) mass is 250 g/mol. The summed E-state index contributed by atoms with van der Waals surface area (Å²) >= 11 is 6.91. The topological polar surface area (TPSA) is 69.1 Å². The fourth-order valence-corrected chi connectivity index (χ4v) is 2.95. The molecule has 4 N–H and O–H groups in total. The normalized spacial score (nSPS) is 11.6. The maximum atomic E-state index is 11.0. The Morgan fingerprint density at radius 2 is 2.14 bits per heavy atom. The molecule has 0 aliphatic heterocycles. The third-order valence-electron chi connectivity index (χ3n) is 1.57. The van der Waals surface area contributed by atoms with Gasteiger partial charge in [-0.15, -0.1) is 0 Å². The molecule has 0 fully saturated rings. The zero-order valence-corrected chi connectivity index (χ0v) is 9.99. The molecule has 1 rings (SSSR count). The molecule has 0 heterocycles. The van der Waals surface area contributed by atoms with Gasteiger partial charge < -0.3 is 0 Å². The van der Waals surface area contributed by atoms with Crippen LogP contribution in [-0.2, 0) is 11.0 Å². The van der Waals surface area contributed by atoms with Crippen LogP contribution in [0.15, 0.2) is 24.3 Å². The molecule has 14 heavy (non-hydrogen) atoms. The van der Waals surface area contributed by atoms with Gasteiger partial charge in [-0.1, -0.05) is 35.1 Å². The first kappa shape index (κ1) is 12.1. The molecular formula is C8H12ClN2OPS. The molecule has 0 saturated heterocycles. The fourth-order valence-electron chi connectivity index (χ4n) is 0.999. The lowest BCUT2D eigenvalue weighted by molar-refractivity contribution is 0.587. The summed E-state index contributed by atoms with van der Waals surface area (Å²) in [6, 6.07) is 7.53. The minimum Gasteiger partial charge on any atom is -0.277 e. The molecule has 0 aliphatic rings. The highest BCUT2D eigenvalue weighted by Crippen LogP contribution is 2.42. The van der Waals surface area contributed by atoms with Crippen molar-refractivity contribution in [1.82, 2.24) is 0 Å². The van der Waals surface area contributed by atoms with Gasteiger partial charge in [0, 0.05) is 10.8 Å². The van der Waals surface area contributed by atoms with Crippen LogP contribution in [0.25, 0.3) is 0 Å². The van der Waals surface area contributed by atoms with Crippen molar-refractivity contribution in [2.45, 2.75) is 6.42 Å². The van der Waals surface area contributed by atoms with E-state index in [4.69, 9.17) is 22.6 Å². The van der Waals surface area contributed by atoms with Crippen LogP contribution in [0.1, 0.15) is 5.56 Å². The van der Waals surface area contributed by atoms with Crippen molar-refractivity contribution in [2.75, 3.05) is 5.75 Å². The average Bonchev–Trinajstić information content (AvgIpc) is 2.01. The maximum absolute atomic E-state index is 11.0. The van der Waals surface area contributed by atoms with Crippen LogP contribution >= 0.6 is 29.6 Å². The first-order valence-electron chi connectivity index (χ1n) is 4.03. The lowest BCUT2D eigenvalue weighted by Crippen LogP contribution is -2.01. The Hall–Kier alpha value is 0.01000. The number of hydrogen-bond acceptors (Lipinski definition) is 2. The van der Waals surface area contributed by atoms with E-state index in [1.807, 2.05) is 24.3 Å². The van der Waals surface area contributed by atoms with E-state index in [-0.39, 0.29) is 0 Å². The highest BCUT2D eigenvalue weighted by atomic mass is 35.5. The quantitative estimate of drug-likeness (QED) is 0.806. The van der Waals surface area contributed by atoms with Gasteiger partial charge in [0.25, 0.3) is 6.65 Å². The molecule has 0 aliphatic carbocycles. The van der Waals surface area contributed by atoms with Crippen LogP contribution in [0.2, 0.25) is 5.02 Å². The molecule has 1 aromatic rings. The highest BCUT2D eigenvalue weighted by Gasteiger charge is 2.08. The molecular weight excluding hydrogens is 239 g/mol. The standard InChI is InChI=1S/C8H12ClN2OPS/c9-8-3-1-2-7(6-8)4-5-14-13(10,11)12/h1-3,6H,4-5H2,(H4,10,11,12). The van der Waals surface area contributed by atoms with Crippen LogP contribution < -0.4 is 11.0 Å². The van der Waals surface area contributed by atoms with E-state index in [2.05, 4.69) is 0 Å². The third kappa shape index (κ3) is 5.03. The van der Waals surface area contributed by atoms with Crippen molar-refractivity contribution in [3.8, 4) is 0 Å². The molecule has 6 heteroatoms. The number of halogens is 1. The van der Waals surface area contributed by atoms with E-state index in [9.17, 15) is 4.57 Å². The minimum absolute atomic E-state index is 0.643. The van der Waals surface area contributed by atoms with E-state index in [1.165, 1.54) is 0 Å². The van der Waals surface area contributed by atoms with Gasteiger partial charge in [-0.3, -0.25) is 15.6 Å². The summed E-state index contributed by atoms with van der Waals surface area (Å²) in [6.07, 6.45) is 0.767. The van der Waals surface area contributed by atoms with Crippen LogP contribution in [0, 0.1) is 0 Å². The van der Waals surface area contributed by atoms with Crippen LogP contribution in [-0.4, -0.2) is 5.75 Å². The third-order valence-corrected chi connectivity index (χ3v) is 4.36. The van der Waals surface area contributed by atoms with Crippen molar-refractivity contribution >= 4 is 29.6 Å². The predicted molar refractivity (Wildman–Crippen MR) is 63.6 cm³/mol. The second kappa shape index (κ2) is 5.19. The van der Waals surface area contributed by atoms with Crippen molar-refractivity contribution in [2.24, 2.45) is 11.0 Å². The first-order chi connectivity index (χ1) is 6.47. The Kier molecular flexibility index (Phi) is 4.48. The smallest absolute Gasteiger partial charge is 0.261 e. The molecule has 0 saturated carbocycles. The summed E-state index contributed by atoms with van der Waals surface area (Å²) in [5.74, 6) is 0.643. The summed E-state index contributed by atoms with van der Waals surface area (Å²) in [7, 11) is 0. The highest BCUT2D eigenvalue weighted by molar-refractivity contribution is 8.56. The molecule has 0 spiro atoms. The lowest BCUT2D eigenvalue weighted by Gasteiger charge is -2.05. The molecule has 1 aromatic carbocycles. The van der Waals surface area contributed by atoms with Crippen LogP contribution in [0.4, 0.5) is 0 Å². The number of aryl methyl sites for hydroxylation is 1. The summed E-state index contributed by atoms with van der Waals surface area (Å²) in [5.41, 5.74) is 11.5. The lowest BCUT2D eigenvalue weighted by atomic mass is 10.2.